The highest BCUT2D eigenvalue weighted by molar-refractivity contribution is 6.01. The summed E-state index contributed by atoms with van der Waals surface area (Å²) in [5, 5.41) is 3.47. The molecule has 1 fully saturated rings. The zero-order valence-corrected chi connectivity index (χ0v) is 21.2. The highest BCUT2D eigenvalue weighted by atomic mass is 14.9. The molecule has 1 heterocycles. The molecule has 1 aromatic heterocycles. The fourth-order valence-electron chi connectivity index (χ4n) is 4.02. The van der Waals surface area contributed by atoms with E-state index in [0.29, 0.717) is 12.5 Å². The molecule has 0 spiro atoms. The molecule has 1 aliphatic carbocycles. The number of aliphatic imine (C=N–C) groups is 1. The second kappa shape index (κ2) is 11.5. The lowest BCUT2D eigenvalue weighted by Gasteiger charge is -2.17. The summed E-state index contributed by atoms with van der Waals surface area (Å²) in [4.78, 5) is 9.34. The Morgan fingerprint density at radius 1 is 1.11 bits per heavy atom. The average Bonchev–Trinajstić information content (AvgIpc) is 3.73. The molecule has 0 bridgehead atoms. The number of nitrogens with zero attached hydrogens (tertiary/aromatic N) is 2. The molecule has 3 N–H and O–H groups in total. The number of rotatable bonds is 10. The van der Waals surface area contributed by atoms with Gasteiger partial charge in [0.25, 0.3) is 0 Å². The van der Waals surface area contributed by atoms with E-state index in [9.17, 15) is 0 Å². The molecule has 0 atom stereocenters. The maximum absolute atomic E-state index is 6.08. The van der Waals surface area contributed by atoms with Gasteiger partial charge in [-0.15, -0.1) is 0 Å². The molecule has 0 amide bonds. The van der Waals surface area contributed by atoms with Crippen LogP contribution < -0.4 is 11.1 Å². The Kier molecular flexibility index (Phi) is 7.96. The van der Waals surface area contributed by atoms with E-state index < -0.39 is 0 Å². The van der Waals surface area contributed by atoms with Crippen molar-refractivity contribution >= 4 is 17.1 Å². The first-order chi connectivity index (χ1) is 17.4. The van der Waals surface area contributed by atoms with Crippen LogP contribution in [0.25, 0.3) is 16.8 Å². The third-order valence-corrected chi connectivity index (χ3v) is 6.21. The van der Waals surface area contributed by atoms with Crippen LogP contribution in [0.3, 0.4) is 0 Å². The molecule has 182 valence electrons. The van der Waals surface area contributed by atoms with Crippen LogP contribution >= 0.6 is 0 Å². The van der Waals surface area contributed by atoms with Gasteiger partial charge in [0, 0.05) is 47.2 Å². The Morgan fingerprint density at radius 2 is 1.89 bits per heavy atom. The Morgan fingerprint density at radius 3 is 2.61 bits per heavy atom. The van der Waals surface area contributed by atoms with Crippen molar-refractivity contribution in [2.45, 2.75) is 26.7 Å². The van der Waals surface area contributed by atoms with Crippen LogP contribution in [0, 0.1) is 12.8 Å². The monoisotopic (exact) mass is 474 g/mol. The summed E-state index contributed by atoms with van der Waals surface area (Å²) in [5.74, 6) is 0.563. The van der Waals surface area contributed by atoms with Gasteiger partial charge < -0.3 is 11.1 Å². The Hall–Kier alpha value is -4.18. The molecule has 2 aromatic carbocycles. The van der Waals surface area contributed by atoms with Crippen LogP contribution in [0.4, 0.5) is 5.69 Å². The molecule has 4 nitrogen and oxygen atoms in total. The van der Waals surface area contributed by atoms with Gasteiger partial charge in [-0.3, -0.25) is 9.98 Å². The SMILES string of the molecule is C=C(/C=C\C=C(/N)C1CC1)CNC(=C)c1c(N=C(C)c2cncc(C)c2)cccc1-c1ccccc1. The van der Waals surface area contributed by atoms with Crippen molar-refractivity contribution in [3.8, 4) is 11.1 Å². The summed E-state index contributed by atoms with van der Waals surface area (Å²) in [6, 6.07) is 18.6. The maximum atomic E-state index is 6.08. The number of hydrogen-bond donors (Lipinski definition) is 2. The standard InChI is InChI=1S/C32H34N4/c1-22(10-8-14-30(33)27-16-17-27)20-35-25(4)32-29(26-11-6-5-7-12-26)13-9-15-31(32)36-24(3)28-18-23(2)19-34-21-28/h5-15,18-19,21,27,35H,1,4,16-17,20,33H2,2-3H3/b10-8-,30-14-,36-24?. The molecule has 36 heavy (non-hydrogen) atoms. The Labute approximate surface area is 214 Å². The average molecular weight is 475 g/mol. The van der Waals surface area contributed by atoms with Gasteiger partial charge in [0.2, 0.25) is 0 Å². The number of nitrogens with two attached hydrogens (primary N) is 1. The summed E-state index contributed by atoms with van der Waals surface area (Å²) in [6.07, 6.45) is 12.0. The van der Waals surface area contributed by atoms with E-state index in [-0.39, 0.29) is 0 Å². The zero-order valence-electron chi connectivity index (χ0n) is 21.2. The number of nitrogens with one attached hydrogen (secondary N) is 1. The molecule has 0 unspecified atom stereocenters. The number of aryl methyl sites for hydroxylation is 1. The molecule has 3 aromatic rings. The van der Waals surface area contributed by atoms with Crippen LogP contribution in [0.2, 0.25) is 0 Å². The van der Waals surface area contributed by atoms with Gasteiger partial charge in [0.1, 0.15) is 0 Å². The molecule has 0 aliphatic heterocycles. The van der Waals surface area contributed by atoms with Gasteiger partial charge in [-0.25, -0.2) is 0 Å². The minimum Gasteiger partial charge on any atom is -0.402 e. The highest BCUT2D eigenvalue weighted by Crippen LogP contribution is 2.35. The predicted molar refractivity (Wildman–Crippen MR) is 153 cm³/mol. The quantitative estimate of drug-likeness (QED) is 0.243. The van der Waals surface area contributed by atoms with E-state index >= 15 is 0 Å². The van der Waals surface area contributed by atoms with E-state index in [4.69, 9.17) is 10.7 Å². The molecular weight excluding hydrogens is 440 g/mol. The molecule has 0 saturated heterocycles. The number of benzene rings is 2. The van der Waals surface area contributed by atoms with Crippen LogP contribution in [0.15, 0.2) is 115 Å². The molecule has 1 aliphatic rings. The first kappa shape index (κ1) is 24.9. The highest BCUT2D eigenvalue weighted by Gasteiger charge is 2.23. The summed E-state index contributed by atoms with van der Waals surface area (Å²) >= 11 is 0. The normalized spacial score (nSPS) is 14.2. The largest absolute Gasteiger partial charge is 0.402 e. The third-order valence-electron chi connectivity index (χ3n) is 6.21. The second-order valence-electron chi connectivity index (χ2n) is 9.30. The van der Waals surface area contributed by atoms with Crippen molar-refractivity contribution in [1.29, 1.82) is 0 Å². The Balaban J connectivity index is 1.61. The van der Waals surface area contributed by atoms with E-state index in [1.165, 1.54) is 12.8 Å². The van der Waals surface area contributed by atoms with E-state index in [2.05, 4.69) is 47.7 Å². The topological polar surface area (TPSA) is 63.3 Å². The smallest absolute Gasteiger partial charge is 0.0732 e. The lowest BCUT2D eigenvalue weighted by atomic mass is 9.96. The minimum absolute atomic E-state index is 0.563. The van der Waals surface area contributed by atoms with Gasteiger partial charge in [-0.1, -0.05) is 67.8 Å². The number of aromatic nitrogens is 1. The van der Waals surface area contributed by atoms with Gasteiger partial charge in [0.05, 0.1) is 5.69 Å². The summed E-state index contributed by atoms with van der Waals surface area (Å²) < 4.78 is 0. The van der Waals surface area contributed by atoms with Crippen LogP contribution in [0.1, 0.15) is 36.5 Å². The van der Waals surface area contributed by atoms with Crippen molar-refractivity contribution < 1.29 is 0 Å². The number of hydrogen-bond acceptors (Lipinski definition) is 4. The summed E-state index contributed by atoms with van der Waals surface area (Å²) in [7, 11) is 0. The first-order valence-electron chi connectivity index (χ1n) is 12.3. The van der Waals surface area contributed by atoms with E-state index in [1.807, 2.05) is 74.8 Å². The van der Waals surface area contributed by atoms with Gasteiger partial charge in [0.15, 0.2) is 0 Å². The minimum atomic E-state index is 0.563. The Bertz CT molecular complexity index is 1340. The molecule has 4 heteroatoms. The summed E-state index contributed by atoms with van der Waals surface area (Å²) in [6.45, 7) is 13.2. The lowest BCUT2D eigenvalue weighted by molar-refractivity contribution is 0.977. The maximum Gasteiger partial charge on any atom is 0.0732 e. The van der Waals surface area contributed by atoms with Crippen molar-refractivity contribution in [1.82, 2.24) is 10.3 Å². The van der Waals surface area contributed by atoms with Gasteiger partial charge in [-0.2, -0.15) is 0 Å². The predicted octanol–water partition coefficient (Wildman–Crippen LogP) is 7.12. The van der Waals surface area contributed by atoms with E-state index in [0.717, 1.165) is 56.2 Å². The van der Waals surface area contributed by atoms with Crippen LogP contribution in [-0.2, 0) is 0 Å². The van der Waals surface area contributed by atoms with Crippen LogP contribution in [-0.4, -0.2) is 17.2 Å². The molecule has 1 saturated carbocycles. The molecule has 0 radical (unpaired) electrons. The van der Waals surface area contributed by atoms with Crippen molar-refractivity contribution in [2.24, 2.45) is 16.6 Å². The van der Waals surface area contributed by atoms with Gasteiger partial charge >= 0.3 is 0 Å². The summed E-state index contributed by atoms with van der Waals surface area (Å²) in [5.41, 5.74) is 15.8. The van der Waals surface area contributed by atoms with Crippen molar-refractivity contribution in [3.05, 3.63) is 126 Å². The van der Waals surface area contributed by atoms with Crippen molar-refractivity contribution in [3.63, 3.8) is 0 Å². The number of pyridine rings is 1. The molecular formula is C32H34N4. The third kappa shape index (κ3) is 6.48. The lowest BCUT2D eigenvalue weighted by Crippen LogP contribution is -2.14. The zero-order chi connectivity index (χ0) is 25.5. The first-order valence-corrected chi connectivity index (χ1v) is 12.3. The van der Waals surface area contributed by atoms with E-state index in [1.54, 1.807) is 0 Å². The van der Waals surface area contributed by atoms with Crippen molar-refractivity contribution in [2.75, 3.05) is 6.54 Å². The second-order valence-corrected chi connectivity index (χ2v) is 9.30. The fourth-order valence-corrected chi connectivity index (χ4v) is 4.02. The van der Waals surface area contributed by atoms with Crippen LogP contribution in [0.5, 0.6) is 0 Å². The van der Waals surface area contributed by atoms with Gasteiger partial charge in [-0.05, 0) is 73.1 Å². The fraction of sp³-hybridized carbons (Fsp3) is 0.188. The number of allylic oxidation sites excluding steroid dienone is 3. The molecule has 4 rings (SSSR count).